The molecule has 0 radical (unpaired) electrons. The van der Waals surface area contributed by atoms with E-state index in [4.69, 9.17) is 11.6 Å². The lowest BCUT2D eigenvalue weighted by Gasteiger charge is -2.05. The first-order chi connectivity index (χ1) is 5.52. The van der Waals surface area contributed by atoms with Crippen LogP contribution in [0.1, 0.15) is 17.6 Å². The molecule has 0 N–H and O–H groups in total. The number of halogens is 4. The maximum Gasteiger partial charge on any atom is 0.264 e. The van der Waals surface area contributed by atoms with Gasteiger partial charge in [0.05, 0.1) is 0 Å². The lowest BCUT2D eigenvalue weighted by molar-refractivity contribution is 0.150. The summed E-state index contributed by atoms with van der Waals surface area (Å²) in [5, 5.41) is 0.111. The van der Waals surface area contributed by atoms with Crippen molar-refractivity contribution in [2.24, 2.45) is 0 Å². The van der Waals surface area contributed by atoms with E-state index in [1.807, 2.05) is 22.6 Å². The fourth-order valence-corrected chi connectivity index (χ4v) is 1.71. The van der Waals surface area contributed by atoms with Crippen molar-refractivity contribution in [2.45, 2.75) is 13.3 Å². The largest absolute Gasteiger partial charge is 0.264 e. The third kappa shape index (κ3) is 2.04. The third-order valence-electron chi connectivity index (χ3n) is 1.46. The van der Waals surface area contributed by atoms with Gasteiger partial charge in [0.2, 0.25) is 0 Å². The fourth-order valence-electron chi connectivity index (χ4n) is 0.792. The molecule has 0 saturated carbocycles. The van der Waals surface area contributed by atoms with Gasteiger partial charge in [-0.3, -0.25) is 0 Å². The Morgan fingerprint density at radius 1 is 1.58 bits per heavy atom. The van der Waals surface area contributed by atoms with Crippen molar-refractivity contribution < 1.29 is 8.78 Å². The summed E-state index contributed by atoms with van der Waals surface area (Å²) in [6.07, 6.45) is -2.49. The summed E-state index contributed by atoms with van der Waals surface area (Å²) >= 11 is 7.40. The highest BCUT2D eigenvalue weighted by molar-refractivity contribution is 14.1. The fraction of sp³-hybridized carbons (Fsp3) is 0.286. The molecule has 0 aromatic carbocycles. The molecule has 0 aliphatic heterocycles. The molecule has 1 rings (SSSR count). The molecule has 0 saturated heterocycles. The van der Waals surface area contributed by atoms with Crippen LogP contribution in [0.2, 0.25) is 5.15 Å². The van der Waals surface area contributed by atoms with Gasteiger partial charge >= 0.3 is 0 Å². The summed E-state index contributed by atoms with van der Waals surface area (Å²) in [4.78, 5) is 3.83. The molecule has 0 bridgehead atoms. The van der Waals surface area contributed by atoms with Crippen LogP contribution in [0, 0.1) is 10.6 Å². The number of hydrogen-bond acceptors (Lipinski definition) is 1. The molecular formula is C7H5ClF2IN. The van der Waals surface area contributed by atoms with E-state index < -0.39 is 6.43 Å². The van der Waals surface area contributed by atoms with E-state index >= 15 is 0 Å². The monoisotopic (exact) mass is 303 g/mol. The molecule has 1 aromatic rings. The molecule has 12 heavy (non-hydrogen) atoms. The normalized spacial score (nSPS) is 10.8. The van der Waals surface area contributed by atoms with Gasteiger partial charge in [0.15, 0.2) is 0 Å². The van der Waals surface area contributed by atoms with Crippen molar-refractivity contribution >= 4 is 34.2 Å². The number of pyridine rings is 1. The Labute approximate surface area is 87.3 Å². The van der Waals surface area contributed by atoms with Crippen molar-refractivity contribution in [1.29, 1.82) is 0 Å². The van der Waals surface area contributed by atoms with Gasteiger partial charge in [-0.25, -0.2) is 13.8 Å². The van der Waals surface area contributed by atoms with Crippen LogP contribution in [0.25, 0.3) is 0 Å². The maximum absolute atomic E-state index is 12.3. The summed E-state index contributed by atoms with van der Waals surface area (Å²) in [5.41, 5.74) is 0.453. The predicted octanol–water partition coefficient (Wildman–Crippen LogP) is 3.59. The average Bonchev–Trinajstić information content (AvgIpc) is 1.96. The molecule has 66 valence electrons. The zero-order valence-electron chi connectivity index (χ0n) is 6.11. The molecular weight excluding hydrogens is 298 g/mol. The number of rotatable bonds is 1. The van der Waals surface area contributed by atoms with Gasteiger partial charge in [0.1, 0.15) is 8.85 Å². The van der Waals surface area contributed by atoms with Gasteiger partial charge in [-0.2, -0.15) is 0 Å². The Morgan fingerprint density at radius 3 is 2.67 bits per heavy atom. The SMILES string of the molecule is Cc1c(C(F)F)cc(Cl)nc1I. The first kappa shape index (κ1) is 10.1. The van der Waals surface area contributed by atoms with Crippen molar-refractivity contribution in [3.63, 3.8) is 0 Å². The van der Waals surface area contributed by atoms with E-state index in [9.17, 15) is 8.78 Å². The molecule has 0 unspecified atom stereocenters. The Hall–Kier alpha value is 0.0300. The van der Waals surface area contributed by atoms with Crippen molar-refractivity contribution in [3.05, 3.63) is 26.0 Å². The minimum absolute atomic E-state index is 0.0422. The molecule has 0 aliphatic rings. The summed E-state index contributed by atoms with van der Waals surface area (Å²) in [6.45, 7) is 1.60. The number of hydrogen-bond donors (Lipinski definition) is 0. The molecule has 5 heteroatoms. The van der Waals surface area contributed by atoms with Gasteiger partial charge in [-0.1, -0.05) is 11.6 Å². The summed E-state index contributed by atoms with van der Waals surface area (Å²) in [5.74, 6) is 0. The molecule has 0 fully saturated rings. The van der Waals surface area contributed by atoms with Crippen LogP contribution in [0.4, 0.5) is 8.78 Å². The van der Waals surface area contributed by atoms with Crippen LogP contribution >= 0.6 is 34.2 Å². The van der Waals surface area contributed by atoms with E-state index in [0.29, 0.717) is 9.26 Å². The van der Waals surface area contributed by atoms with Crippen LogP contribution in [0.3, 0.4) is 0 Å². The minimum Gasteiger partial charge on any atom is -0.230 e. The van der Waals surface area contributed by atoms with Crippen LogP contribution in [0.5, 0.6) is 0 Å². The second-order valence-electron chi connectivity index (χ2n) is 2.25. The smallest absolute Gasteiger partial charge is 0.230 e. The van der Waals surface area contributed by atoms with Crippen LogP contribution in [-0.2, 0) is 0 Å². The highest BCUT2D eigenvalue weighted by Crippen LogP contribution is 2.26. The molecule has 0 atom stereocenters. The molecule has 1 aromatic heterocycles. The van der Waals surface area contributed by atoms with E-state index in [0.717, 1.165) is 0 Å². The molecule has 1 heterocycles. The molecule has 1 nitrogen and oxygen atoms in total. The lowest BCUT2D eigenvalue weighted by Crippen LogP contribution is -1.95. The number of alkyl halides is 2. The molecule has 0 spiro atoms. The highest BCUT2D eigenvalue weighted by Gasteiger charge is 2.14. The van der Waals surface area contributed by atoms with Crippen molar-refractivity contribution in [2.75, 3.05) is 0 Å². The zero-order chi connectivity index (χ0) is 9.30. The summed E-state index contributed by atoms with van der Waals surface area (Å²) in [6, 6.07) is 1.20. The predicted molar refractivity (Wildman–Crippen MR) is 51.7 cm³/mol. The second-order valence-corrected chi connectivity index (χ2v) is 3.66. The Bertz CT molecular complexity index is 304. The van der Waals surface area contributed by atoms with Gasteiger partial charge in [0, 0.05) is 5.56 Å². The number of aromatic nitrogens is 1. The van der Waals surface area contributed by atoms with Crippen molar-refractivity contribution in [1.82, 2.24) is 4.98 Å². The van der Waals surface area contributed by atoms with Gasteiger partial charge < -0.3 is 0 Å². The number of nitrogens with zero attached hydrogens (tertiary/aromatic N) is 1. The van der Waals surface area contributed by atoms with Crippen LogP contribution in [-0.4, -0.2) is 4.98 Å². The Morgan fingerprint density at radius 2 is 2.17 bits per heavy atom. The Balaban J connectivity index is 3.28. The van der Waals surface area contributed by atoms with E-state index in [1.165, 1.54) is 6.07 Å². The van der Waals surface area contributed by atoms with E-state index in [2.05, 4.69) is 4.98 Å². The maximum atomic E-state index is 12.3. The first-order valence-electron chi connectivity index (χ1n) is 3.13. The Kier molecular flexibility index (Phi) is 3.22. The van der Waals surface area contributed by atoms with Crippen LogP contribution < -0.4 is 0 Å². The quantitative estimate of drug-likeness (QED) is 0.571. The molecule has 0 amide bonds. The third-order valence-corrected chi connectivity index (χ3v) is 2.70. The average molecular weight is 303 g/mol. The van der Waals surface area contributed by atoms with Crippen LogP contribution in [0.15, 0.2) is 6.07 Å². The second kappa shape index (κ2) is 3.83. The standard InChI is InChI=1S/C7H5ClF2IN/c1-3-4(6(9)10)2-5(8)12-7(3)11/h2,6H,1H3. The highest BCUT2D eigenvalue weighted by atomic mass is 127. The first-order valence-corrected chi connectivity index (χ1v) is 4.58. The van der Waals surface area contributed by atoms with E-state index in [1.54, 1.807) is 6.92 Å². The topological polar surface area (TPSA) is 12.9 Å². The van der Waals surface area contributed by atoms with E-state index in [-0.39, 0.29) is 10.7 Å². The van der Waals surface area contributed by atoms with Crippen molar-refractivity contribution in [3.8, 4) is 0 Å². The minimum atomic E-state index is -2.49. The summed E-state index contributed by atoms with van der Waals surface area (Å²) < 4.78 is 25.1. The van der Waals surface area contributed by atoms with Gasteiger partial charge in [0.25, 0.3) is 6.43 Å². The van der Waals surface area contributed by atoms with Gasteiger partial charge in [-0.05, 0) is 41.1 Å². The summed E-state index contributed by atoms with van der Waals surface area (Å²) in [7, 11) is 0. The lowest BCUT2D eigenvalue weighted by atomic mass is 10.2. The van der Waals surface area contributed by atoms with Gasteiger partial charge in [-0.15, -0.1) is 0 Å². The zero-order valence-corrected chi connectivity index (χ0v) is 9.03. The molecule has 0 aliphatic carbocycles.